The van der Waals surface area contributed by atoms with Crippen molar-refractivity contribution in [1.29, 1.82) is 0 Å². The van der Waals surface area contributed by atoms with Crippen LogP contribution in [0.3, 0.4) is 0 Å². The van der Waals surface area contributed by atoms with Gasteiger partial charge in [0, 0.05) is 12.4 Å². The summed E-state index contributed by atoms with van der Waals surface area (Å²) in [4.78, 5) is 2.59. The molecule has 100 valence electrons. The van der Waals surface area contributed by atoms with Crippen molar-refractivity contribution < 1.29 is 0 Å². The van der Waals surface area contributed by atoms with Gasteiger partial charge in [0.2, 0.25) is 0 Å². The van der Waals surface area contributed by atoms with Crippen molar-refractivity contribution in [2.75, 3.05) is 38.6 Å². The highest BCUT2D eigenvalue weighted by atomic mass is 35.5. The molecule has 1 N–H and O–H groups in total. The highest BCUT2D eigenvalue weighted by molar-refractivity contribution is 6.18. The Bertz CT molecular complexity index is 208. The predicted octanol–water partition coefficient (Wildman–Crippen LogP) is 2.86. The van der Waals surface area contributed by atoms with Crippen LogP contribution < -0.4 is 5.32 Å². The molecule has 2 fully saturated rings. The second kappa shape index (κ2) is 6.96. The van der Waals surface area contributed by atoms with E-state index in [0.29, 0.717) is 5.41 Å². The van der Waals surface area contributed by atoms with Gasteiger partial charge in [0.05, 0.1) is 0 Å². The van der Waals surface area contributed by atoms with Crippen molar-refractivity contribution in [3.63, 3.8) is 0 Å². The molecule has 0 aromatic carbocycles. The van der Waals surface area contributed by atoms with Crippen LogP contribution in [-0.2, 0) is 0 Å². The largest absolute Gasteiger partial charge is 0.316 e. The summed E-state index contributed by atoms with van der Waals surface area (Å²) >= 11 is 6.13. The zero-order valence-corrected chi connectivity index (χ0v) is 11.8. The fourth-order valence-electron chi connectivity index (χ4n) is 3.27. The molecule has 0 aromatic heterocycles. The maximum absolute atomic E-state index is 6.13. The molecule has 1 saturated carbocycles. The van der Waals surface area contributed by atoms with E-state index in [1.54, 1.807) is 0 Å². The number of nitrogens with zero attached hydrogens (tertiary/aromatic N) is 1. The van der Waals surface area contributed by atoms with Crippen LogP contribution in [-0.4, -0.2) is 43.5 Å². The molecular weight excluding hydrogens is 232 g/mol. The van der Waals surface area contributed by atoms with E-state index >= 15 is 0 Å². The number of alkyl halides is 1. The van der Waals surface area contributed by atoms with E-state index in [9.17, 15) is 0 Å². The van der Waals surface area contributed by atoms with Crippen LogP contribution in [0.15, 0.2) is 0 Å². The number of hydrogen-bond acceptors (Lipinski definition) is 2. The standard InChI is InChI=1S/C14H27ClN2/c15-12-14(6-1-2-7-14)13-16-8-5-11-17-9-3-4-10-17/h16H,1-13H2. The third-order valence-corrected chi connectivity index (χ3v) is 5.04. The Morgan fingerprint density at radius 1 is 1.06 bits per heavy atom. The van der Waals surface area contributed by atoms with Crippen LogP contribution in [0.25, 0.3) is 0 Å². The molecule has 0 radical (unpaired) electrons. The van der Waals surface area contributed by atoms with Crippen molar-refractivity contribution in [2.24, 2.45) is 5.41 Å². The number of rotatable bonds is 7. The van der Waals surface area contributed by atoms with Crippen LogP contribution in [0.1, 0.15) is 44.9 Å². The first-order valence-electron chi connectivity index (χ1n) is 7.34. The third kappa shape index (κ3) is 4.11. The van der Waals surface area contributed by atoms with Crippen LogP contribution in [0.5, 0.6) is 0 Å². The second-order valence-electron chi connectivity index (χ2n) is 5.92. The first-order chi connectivity index (χ1) is 8.35. The van der Waals surface area contributed by atoms with E-state index < -0.39 is 0 Å². The van der Waals surface area contributed by atoms with Gasteiger partial charge in [-0.3, -0.25) is 0 Å². The van der Waals surface area contributed by atoms with Gasteiger partial charge in [-0.25, -0.2) is 0 Å². The molecule has 2 aliphatic rings. The lowest BCUT2D eigenvalue weighted by atomic mass is 9.88. The highest BCUT2D eigenvalue weighted by Crippen LogP contribution is 2.38. The van der Waals surface area contributed by atoms with Gasteiger partial charge in [-0.05, 0) is 63.7 Å². The number of hydrogen-bond donors (Lipinski definition) is 1. The topological polar surface area (TPSA) is 15.3 Å². The van der Waals surface area contributed by atoms with E-state index in [1.807, 2.05) is 0 Å². The fraction of sp³-hybridized carbons (Fsp3) is 1.00. The van der Waals surface area contributed by atoms with E-state index in [0.717, 1.165) is 19.0 Å². The third-order valence-electron chi connectivity index (χ3n) is 4.47. The summed E-state index contributed by atoms with van der Waals surface area (Å²) in [6.45, 7) is 6.23. The van der Waals surface area contributed by atoms with Gasteiger partial charge in [-0.2, -0.15) is 0 Å². The summed E-state index contributed by atoms with van der Waals surface area (Å²) in [5.41, 5.74) is 0.426. The molecule has 0 spiro atoms. The molecular formula is C14H27ClN2. The van der Waals surface area contributed by atoms with Gasteiger partial charge in [-0.1, -0.05) is 12.8 Å². The summed E-state index contributed by atoms with van der Waals surface area (Å²) in [5.74, 6) is 0.839. The van der Waals surface area contributed by atoms with Crippen molar-refractivity contribution in [1.82, 2.24) is 10.2 Å². The molecule has 0 amide bonds. The molecule has 0 unspecified atom stereocenters. The molecule has 0 atom stereocenters. The molecule has 3 heteroatoms. The summed E-state index contributed by atoms with van der Waals surface area (Å²) in [7, 11) is 0. The summed E-state index contributed by atoms with van der Waals surface area (Å²) < 4.78 is 0. The lowest BCUT2D eigenvalue weighted by molar-refractivity contribution is 0.303. The highest BCUT2D eigenvalue weighted by Gasteiger charge is 2.32. The van der Waals surface area contributed by atoms with E-state index in [-0.39, 0.29) is 0 Å². The fourth-order valence-corrected chi connectivity index (χ4v) is 3.63. The predicted molar refractivity (Wildman–Crippen MR) is 74.8 cm³/mol. The van der Waals surface area contributed by atoms with Crippen LogP contribution in [0.4, 0.5) is 0 Å². The Hall–Kier alpha value is 0.210. The first kappa shape index (κ1) is 13.6. The molecule has 1 heterocycles. The molecule has 17 heavy (non-hydrogen) atoms. The lowest BCUT2D eigenvalue weighted by Crippen LogP contribution is -2.35. The van der Waals surface area contributed by atoms with Crippen LogP contribution >= 0.6 is 11.6 Å². The van der Waals surface area contributed by atoms with E-state index in [1.165, 1.54) is 64.6 Å². The minimum Gasteiger partial charge on any atom is -0.316 e. The SMILES string of the molecule is ClCC1(CNCCCN2CCCC2)CCCC1. The van der Waals surface area contributed by atoms with Crippen LogP contribution in [0.2, 0.25) is 0 Å². The minimum absolute atomic E-state index is 0.426. The number of likely N-dealkylation sites (tertiary alicyclic amines) is 1. The van der Waals surface area contributed by atoms with E-state index in [4.69, 9.17) is 11.6 Å². The minimum atomic E-state index is 0.426. The Labute approximate surface area is 111 Å². The molecule has 0 aromatic rings. The quantitative estimate of drug-likeness (QED) is 0.558. The van der Waals surface area contributed by atoms with Gasteiger partial charge >= 0.3 is 0 Å². The monoisotopic (exact) mass is 258 g/mol. The molecule has 1 saturated heterocycles. The summed E-state index contributed by atoms with van der Waals surface area (Å²) in [6.07, 6.45) is 9.51. The zero-order valence-electron chi connectivity index (χ0n) is 11.0. The summed E-state index contributed by atoms with van der Waals surface area (Å²) in [6, 6.07) is 0. The van der Waals surface area contributed by atoms with Gasteiger partial charge < -0.3 is 10.2 Å². The molecule has 1 aliphatic heterocycles. The van der Waals surface area contributed by atoms with Gasteiger partial charge in [0.15, 0.2) is 0 Å². The van der Waals surface area contributed by atoms with Crippen molar-refractivity contribution in [2.45, 2.75) is 44.9 Å². The van der Waals surface area contributed by atoms with Gasteiger partial charge in [0.1, 0.15) is 0 Å². The maximum atomic E-state index is 6.13. The van der Waals surface area contributed by atoms with Crippen molar-refractivity contribution in [3.05, 3.63) is 0 Å². The Balaban J connectivity index is 1.53. The average Bonchev–Trinajstić information content (AvgIpc) is 3.00. The average molecular weight is 259 g/mol. The molecule has 0 bridgehead atoms. The smallest absolute Gasteiger partial charge is 0.0292 e. The normalized spacial score (nSPS) is 24.5. The Morgan fingerprint density at radius 2 is 1.76 bits per heavy atom. The molecule has 1 aliphatic carbocycles. The number of halogens is 1. The first-order valence-corrected chi connectivity index (χ1v) is 7.87. The summed E-state index contributed by atoms with van der Waals surface area (Å²) in [5, 5.41) is 3.63. The van der Waals surface area contributed by atoms with E-state index in [2.05, 4.69) is 10.2 Å². The molecule has 2 rings (SSSR count). The Morgan fingerprint density at radius 3 is 2.41 bits per heavy atom. The van der Waals surface area contributed by atoms with Crippen molar-refractivity contribution in [3.8, 4) is 0 Å². The lowest BCUT2D eigenvalue weighted by Gasteiger charge is -2.26. The van der Waals surface area contributed by atoms with Gasteiger partial charge in [-0.15, -0.1) is 11.6 Å². The maximum Gasteiger partial charge on any atom is 0.0292 e. The molecule has 2 nitrogen and oxygen atoms in total. The Kier molecular flexibility index (Phi) is 5.58. The van der Waals surface area contributed by atoms with Crippen molar-refractivity contribution >= 4 is 11.6 Å². The zero-order chi connectivity index (χ0) is 12.0. The second-order valence-corrected chi connectivity index (χ2v) is 6.19. The van der Waals surface area contributed by atoms with Crippen LogP contribution in [0, 0.1) is 5.41 Å². The number of nitrogens with one attached hydrogen (secondary N) is 1. The van der Waals surface area contributed by atoms with Gasteiger partial charge in [0.25, 0.3) is 0 Å².